The molecule has 0 spiro atoms. The zero-order valence-electron chi connectivity index (χ0n) is 17.3. The lowest BCUT2D eigenvalue weighted by Crippen LogP contribution is -2.37. The lowest BCUT2D eigenvalue weighted by Gasteiger charge is -2.26. The van der Waals surface area contributed by atoms with Crippen LogP contribution in [0, 0.1) is 11.7 Å². The van der Waals surface area contributed by atoms with Gasteiger partial charge in [0, 0.05) is 24.9 Å². The lowest BCUT2D eigenvalue weighted by atomic mass is 10.0. The van der Waals surface area contributed by atoms with E-state index in [2.05, 4.69) is 5.16 Å². The number of halogens is 4. The van der Waals surface area contributed by atoms with Crippen LogP contribution in [0.25, 0.3) is 0 Å². The Hall–Kier alpha value is -2.90. The van der Waals surface area contributed by atoms with E-state index < -0.39 is 17.8 Å². The van der Waals surface area contributed by atoms with E-state index in [0.717, 1.165) is 12.1 Å². The number of amides is 1. The topological polar surface area (TPSA) is 41.9 Å². The van der Waals surface area contributed by atoms with Gasteiger partial charge in [-0.1, -0.05) is 43.3 Å². The fourth-order valence-corrected chi connectivity index (χ4v) is 3.41. The van der Waals surface area contributed by atoms with Crippen LogP contribution in [0.4, 0.5) is 17.6 Å². The predicted molar refractivity (Wildman–Crippen MR) is 109 cm³/mol. The van der Waals surface area contributed by atoms with Gasteiger partial charge in [0.05, 0.1) is 17.8 Å². The van der Waals surface area contributed by atoms with Crippen molar-refractivity contribution < 1.29 is 27.2 Å². The number of nitrogens with zero attached hydrogens (tertiary/aromatic N) is 2. The Morgan fingerprint density at radius 3 is 2.61 bits per heavy atom. The Balaban J connectivity index is 1.72. The normalized spacial score (nSPS) is 16.2. The minimum absolute atomic E-state index is 0.0324. The van der Waals surface area contributed by atoms with E-state index in [4.69, 9.17) is 4.84 Å². The number of alkyl halides is 3. The maximum atomic E-state index is 13.5. The fraction of sp³-hybridized carbons (Fsp3) is 0.391. The van der Waals surface area contributed by atoms with Crippen molar-refractivity contribution in [2.24, 2.45) is 11.1 Å². The third kappa shape index (κ3) is 6.29. The molecule has 0 aromatic heterocycles. The molecule has 0 aliphatic carbocycles. The van der Waals surface area contributed by atoms with E-state index in [-0.39, 0.29) is 37.2 Å². The number of carbonyl (C=O) groups is 1. The molecular weight excluding hydrogens is 412 g/mol. The van der Waals surface area contributed by atoms with E-state index in [1.165, 1.54) is 23.1 Å². The Labute approximate surface area is 178 Å². The van der Waals surface area contributed by atoms with Gasteiger partial charge in [0.15, 0.2) is 6.10 Å². The van der Waals surface area contributed by atoms with Crippen LogP contribution in [0.1, 0.15) is 43.4 Å². The van der Waals surface area contributed by atoms with Crippen molar-refractivity contribution in [2.75, 3.05) is 6.54 Å². The first-order valence-corrected chi connectivity index (χ1v) is 10.0. The largest absolute Gasteiger partial charge is 0.416 e. The smallest absolute Gasteiger partial charge is 0.390 e. The van der Waals surface area contributed by atoms with Crippen molar-refractivity contribution in [1.29, 1.82) is 0 Å². The Morgan fingerprint density at radius 1 is 1.19 bits per heavy atom. The van der Waals surface area contributed by atoms with Gasteiger partial charge in [-0.05, 0) is 35.7 Å². The Kier molecular flexibility index (Phi) is 6.97. The molecule has 0 saturated carbocycles. The maximum absolute atomic E-state index is 13.5. The van der Waals surface area contributed by atoms with Crippen molar-refractivity contribution in [1.82, 2.24) is 4.90 Å². The minimum Gasteiger partial charge on any atom is -0.390 e. The Morgan fingerprint density at radius 2 is 1.94 bits per heavy atom. The number of rotatable bonds is 7. The molecule has 8 heteroatoms. The summed E-state index contributed by atoms with van der Waals surface area (Å²) in [5.74, 6) is -0.461. The fourth-order valence-electron chi connectivity index (χ4n) is 3.41. The van der Waals surface area contributed by atoms with Crippen LogP contribution in [0.2, 0.25) is 0 Å². The van der Waals surface area contributed by atoms with E-state index in [1.54, 1.807) is 18.2 Å². The van der Waals surface area contributed by atoms with Crippen molar-refractivity contribution in [3.63, 3.8) is 0 Å². The van der Waals surface area contributed by atoms with Gasteiger partial charge in [-0.25, -0.2) is 4.39 Å². The monoisotopic (exact) mass is 436 g/mol. The molecule has 1 heterocycles. The standard InChI is InChI=1S/C23H24F4N2O2/c1-15(2)9-22(30)29(13-16-5-3-7-18(10-16)23(25,26)27)14-20-12-21(28-31-20)17-6-4-8-19(24)11-17/h3-8,10-11,15,20H,9,12-14H2,1-2H3/t20-/m1/s1. The van der Waals surface area contributed by atoms with E-state index >= 15 is 0 Å². The molecule has 1 amide bonds. The summed E-state index contributed by atoms with van der Waals surface area (Å²) in [6.45, 7) is 4.00. The first kappa shape index (κ1) is 22.8. The molecule has 2 aromatic carbocycles. The van der Waals surface area contributed by atoms with Gasteiger partial charge >= 0.3 is 6.18 Å². The maximum Gasteiger partial charge on any atom is 0.416 e. The van der Waals surface area contributed by atoms with Gasteiger partial charge in [-0.15, -0.1) is 0 Å². The molecule has 3 rings (SSSR count). The van der Waals surface area contributed by atoms with Crippen LogP contribution < -0.4 is 0 Å². The predicted octanol–water partition coefficient (Wildman–Crippen LogP) is 5.41. The zero-order chi connectivity index (χ0) is 22.6. The molecule has 1 aliphatic heterocycles. The molecule has 0 fully saturated rings. The zero-order valence-corrected chi connectivity index (χ0v) is 17.3. The van der Waals surface area contributed by atoms with Crippen molar-refractivity contribution in [3.8, 4) is 0 Å². The highest BCUT2D eigenvalue weighted by molar-refractivity contribution is 6.01. The van der Waals surface area contributed by atoms with Gasteiger partial charge in [0.1, 0.15) is 5.82 Å². The van der Waals surface area contributed by atoms with Crippen LogP contribution in [-0.4, -0.2) is 29.2 Å². The summed E-state index contributed by atoms with van der Waals surface area (Å²) in [4.78, 5) is 19.7. The second-order valence-corrected chi connectivity index (χ2v) is 8.05. The molecule has 1 aliphatic rings. The molecule has 1 atom stereocenters. The van der Waals surface area contributed by atoms with Gasteiger partial charge in [-0.3, -0.25) is 4.79 Å². The van der Waals surface area contributed by atoms with Crippen LogP contribution in [0.15, 0.2) is 53.7 Å². The SMILES string of the molecule is CC(C)CC(=O)N(Cc1cccc(C(F)(F)F)c1)C[C@H]1CC(c2cccc(F)c2)=NO1. The molecular formula is C23H24F4N2O2. The number of oxime groups is 1. The molecule has 0 radical (unpaired) electrons. The molecule has 31 heavy (non-hydrogen) atoms. The van der Waals surface area contributed by atoms with Gasteiger partial charge < -0.3 is 9.74 Å². The van der Waals surface area contributed by atoms with Gasteiger partial charge in [-0.2, -0.15) is 13.2 Å². The van der Waals surface area contributed by atoms with Crippen LogP contribution in [-0.2, 0) is 22.4 Å². The molecule has 166 valence electrons. The van der Waals surface area contributed by atoms with Crippen molar-refractivity contribution >= 4 is 11.6 Å². The number of hydrogen-bond donors (Lipinski definition) is 0. The average molecular weight is 436 g/mol. The molecule has 0 unspecified atom stereocenters. The molecule has 2 aromatic rings. The number of carbonyl (C=O) groups excluding carboxylic acids is 1. The van der Waals surface area contributed by atoms with Crippen LogP contribution in [0.5, 0.6) is 0 Å². The summed E-state index contributed by atoms with van der Waals surface area (Å²) < 4.78 is 52.6. The molecule has 0 bridgehead atoms. The summed E-state index contributed by atoms with van der Waals surface area (Å²) >= 11 is 0. The van der Waals surface area contributed by atoms with E-state index in [1.807, 2.05) is 13.8 Å². The highest BCUT2D eigenvalue weighted by atomic mass is 19.4. The molecule has 0 saturated heterocycles. The summed E-state index contributed by atoms with van der Waals surface area (Å²) in [6.07, 6.45) is -4.27. The summed E-state index contributed by atoms with van der Waals surface area (Å²) in [5.41, 5.74) is 0.798. The van der Waals surface area contributed by atoms with Gasteiger partial charge in [0.25, 0.3) is 0 Å². The summed E-state index contributed by atoms with van der Waals surface area (Å²) in [7, 11) is 0. The van der Waals surface area contributed by atoms with Crippen molar-refractivity contribution in [2.45, 2.75) is 45.5 Å². The first-order valence-electron chi connectivity index (χ1n) is 10.0. The highest BCUT2D eigenvalue weighted by Gasteiger charge is 2.31. The van der Waals surface area contributed by atoms with Crippen LogP contribution in [0.3, 0.4) is 0 Å². The molecule has 4 nitrogen and oxygen atoms in total. The summed E-state index contributed by atoms with van der Waals surface area (Å²) in [5, 5.41) is 4.02. The first-order chi connectivity index (χ1) is 14.6. The average Bonchev–Trinajstić information content (AvgIpc) is 3.15. The summed E-state index contributed by atoms with van der Waals surface area (Å²) in [6, 6.07) is 10.9. The third-order valence-electron chi connectivity index (χ3n) is 4.88. The van der Waals surface area contributed by atoms with Gasteiger partial charge in [0.2, 0.25) is 5.91 Å². The highest BCUT2D eigenvalue weighted by Crippen LogP contribution is 2.30. The Bertz CT molecular complexity index is 957. The van der Waals surface area contributed by atoms with Crippen LogP contribution >= 0.6 is 0 Å². The lowest BCUT2D eigenvalue weighted by molar-refractivity contribution is -0.137. The van der Waals surface area contributed by atoms with Crippen molar-refractivity contribution in [3.05, 3.63) is 71.0 Å². The minimum atomic E-state index is -4.45. The second-order valence-electron chi connectivity index (χ2n) is 8.05. The quantitative estimate of drug-likeness (QED) is 0.545. The molecule has 0 N–H and O–H groups in total. The third-order valence-corrected chi connectivity index (χ3v) is 4.88. The number of benzene rings is 2. The van der Waals surface area contributed by atoms with E-state index in [0.29, 0.717) is 23.3 Å². The van der Waals surface area contributed by atoms with E-state index in [9.17, 15) is 22.4 Å². The number of hydrogen-bond acceptors (Lipinski definition) is 3. The second kappa shape index (κ2) is 9.49.